The van der Waals surface area contributed by atoms with Crippen LogP contribution in [-0.4, -0.2) is 27.0 Å². The van der Waals surface area contributed by atoms with E-state index in [1.54, 1.807) is 43.3 Å². The maximum Gasteiger partial charge on any atom is 0.265 e. The number of carbonyl (C=O) groups excluding carboxylic acids is 1. The molecule has 0 fully saturated rings. The van der Waals surface area contributed by atoms with Crippen LogP contribution in [0.5, 0.6) is 5.75 Å². The van der Waals surface area contributed by atoms with Crippen molar-refractivity contribution in [1.29, 1.82) is 0 Å². The van der Waals surface area contributed by atoms with E-state index in [1.807, 2.05) is 25.1 Å². The third kappa shape index (κ3) is 4.77. The molecule has 3 aromatic carbocycles. The van der Waals surface area contributed by atoms with Crippen molar-refractivity contribution in [2.45, 2.75) is 20.0 Å². The Kier molecular flexibility index (Phi) is 6.05. The van der Waals surface area contributed by atoms with E-state index in [2.05, 4.69) is 15.5 Å². The number of anilines is 1. The fourth-order valence-corrected chi connectivity index (χ4v) is 3.52. The number of amides is 1. The molecular formula is C22H17Cl3N4O2. The third-order valence-corrected chi connectivity index (χ3v) is 5.39. The number of hydrogen-bond donors (Lipinski definition) is 1. The molecular weight excluding hydrogens is 459 g/mol. The number of benzene rings is 3. The molecule has 0 bridgehead atoms. The number of hydrogen-bond acceptors (Lipinski definition) is 4. The largest absolute Gasteiger partial charge is 0.479 e. The van der Waals surface area contributed by atoms with Crippen LogP contribution in [-0.2, 0) is 4.79 Å². The molecule has 9 heteroatoms. The molecule has 1 aromatic heterocycles. The van der Waals surface area contributed by atoms with Gasteiger partial charge in [-0.3, -0.25) is 4.79 Å². The molecule has 1 amide bonds. The van der Waals surface area contributed by atoms with Crippen molar-refractivity contribution in [3.8, 4) is 11.4 Å². The van der Waals surface area contributed by atoms with E-state index in [-0.39, 0.29) is 5.91 Å². The van der Waals surface area contributed by atoms with Crippen LogP contribution in [0.15, 0.2) is 54.6 Å². The van der Waals surface area contributed by atoms with Crippen molar-refractivity contribution >= 4 is 57.4 Å². The smallest absolute Gasteiger partial charge is 0.265 e. The minimum Gasteiger partial charge on any atom is -0.479 e. The monoisotopic (exact) mass is 474 g/mol. The number of carbonyl (C=O) groups is 1. The summed E-state index contributed by atoms with van der Waals surface area (Å²) in [5.41, 5.74) is 3.61. The van der Waals surface area contributed by atoms with E-state index in [0.29, 0.717) is 37.5 Å². The zero-order chi connectivity index (χ0) is 22.1. The summed E-state index contributed by atoms with van der Waals surface area (Å²) in [6, 6.07) is 15.7. The number of ether oxygens (including phenoxy) is 1. The van der Waals surface area contributed by atoms with Crippen molar-refractivity contribution in [2.24, 2.45) is 0 Å². The minimum atomic E-state index is -0.779. The number of fused-ring (bicyclic) bond motifs is 1. The maximum atomic E-state index is 12.7. The normalized spacial score (nSPS) is 12.0. The van der Waals surface area contributed by atoms with E-state index in [4.69, 9.17) is 39.5 Å². The average molecular weight is 476 g/mol. The summed E-state index contributed by atoms with van der Waals surface area (Å²) in [6.45, 7) is 3.53. The summed E-state index contributed by atoms with van der Waals surface area (Å²) in [5, 5.41) is 13.4. The summed E-state index contributed by atoms with van der Waals surface area (Å²) in [4.78, 5) is 14.2. The highest BCUT2D eigenvalue weighted by molar-refractivity contribution is 6.35. The molecule has 6 nitrogen and oxygen atoms in total. The first kappa shape index (κ1) is 21.4. The van der Waals surface area contributed by atoms with Gasteiger partial charge in [0.05, 0.1) is 10.7 Å². The van der Waals surface area contributed by atoms with Gasteiger partial charge in [0.25, 0.3) is 5.91 Å². The zero-order valence-electron chi connectivity index (χ0n) is 16.6. The van der Waals surface area contributed by atoms with Gasteiger partial charge in [0.1, 0.15) is 16.8 Å². The SMILES string of the molecule is Cc1cc2nn(-c3ccc(Cl)cc3)nc2cc1NC(=O)[C@H](C)Oc1ccc(Cl)cc1Cl. The van der Waals surface area contributed by atoms with Gasteiger partial charge < -0.3 is 10.1 Å². The Bertz CT molecular complexity index is 1270. The van der Waals surface area contributed by atoms with Crippen molar-refractivity contribution in [1.82, 2.24) is 15.0 Å². The molecule has 0 radical (unpaired) electrons. The quantitative estimate of drug-likeness (QED) is 0.379. The van der Waals surface area contributed by atoms with Gasteiger partial charge in [0.15, 0.2) is 6.10 Å². The lowest BCUT2D eigenvalue weighted by atomic mass is 10.1. The zero-order valence-corrected chi connectivity index (χ0v) is 18.8. The number of nitrogens with one attached hydrogen (secondary N) is 1. The maximum absolute atomic E-state index is 12.7. The Morgan fingerprint density at radius 3 is 2.29 bits per heavy atom. The van der Waals surface area contributed by atoms with Crippen LogP contribution in [0.2, 0.25) is 15.1 Å². The summed E-state index contributed by atoms with van der Waals surface area (Å²) in [5.74, 6) is 0.0605. The molecule has 1 heterocycles. The lowest BCUT2D eigenvalue weighted by molar-refractivity contribution is -0.122. The van der Waals surface area contributed by atoms with Crippen LogP contribution in [0.25, 0.3) is 16.7 Å². The Balaban J connectivity index is 1.53. The summed E-state index contributed by atoms with van der Waals surface area (Å²) >= 11 is 18.0. The summed E-state index contributed by atoms with van der Waals surface area (Å²) in [6.07, 6.45) is -0.779. The first-order chi connectivity index (χ1) is 14.8. The van der Waals surface area contributed by atoms with E-state index in [0.717, 1.165) is 11.3 Å². The Hall–Kier alpha value is -2.80. The van der Waals surface area contributed by atoms with Crippen LogP contribution in [0, 0.1) is 6.92 Å². The molecule has 0 saturated heterocycles. The van der Waals surface area contributed by atoms with Crippen LogP contribution < -0.4 is 10.1 Å². The molecule has 0 saturated carbocycles. The van der Waals surface area contributed by atoms with E-state index in [1.165, 1.54) is 4.80 Å². The number of aromatic nitrogens is 3. The van der Waals surface area contributed by atoms with Crippen molar-refractivity contribution in [3.05, 3.63) is 75.2 Å². The van der Waals surface area contributed by atoms with Gasteiger partial charge in [0, 0.05) is 15.7 Å². The first-order valence-corrected chi connectivity index (χ1v) is 10.5. The Morgan fingerprint density at radius 2 is 1.61 bits per heavy atom. The topological polar surface area (TPSA) is 69.0 Å². The van der Waals surface area contributed by atoms with E-state index < -0.39 is 6.10 Å². The Labute approximate surface area is 193 Å². The summed E-state index contributed by atoms with van der Waals surface area (Å²) in [7, 11) is 0. The predicted molar refractivity (Wildman–Crippen MR) is 124 cm³/mol. The van der Waals surface area contributed by atoms with E-state index in [9.17, 15) is 4.79 Å². The third-order valence-electron chi connectivity index (χ3n) is 4.61. The molecule has 158 valence electrons. The Morgan fingerprint density at radius 1 is 0.968 bits per heavy atom. The van der Waals surface area contributed by atoms with Crippen molar-refractivity contribution in [2.75, 3.05) is 5.32 Å². The van der Waals surface area contributed by atoms with Gasteiger partial charge >= 0.3 is 0 Å². The van der Waals surface area contributed by atoms with Gasteiger partial charge in [-0.1, -0.05) is 34.8 Å². The lowest BCUT2D eigenvalue weighted by Crippen LogP contribution is -2.30. The molecule has 1 N–H and O–H groups in total. The lowest BCUT2D eigenvalue weighted by Gasteiger charge is -2.16. The molecule has 1 atom stereocenters. The highest BCUT2D eigenvalue weighted by Gasteiger charge is 2.18. The fraction of sp³-hybridized carbons (Fsp3) is 0.136. The first-order valence-electron chi connectivity index (χ1n) is 9.36. The molecule has 4 rings (SSSR count). The molecule has 4 aromatic rings. The number of aryl methyl sites for hydroxylation is 1. The van der Waals surface area contributed by atoms with Crippen LogP contribution in [0.4, 0.5) is 5.69 Å². The molecule has 0 aliphatic rings. The van der Waals surface area contributed by atoms with Crippen LogP contribution in [0.1, 0.15) is 12.5 Å². The molecule has 0 aliphatic carbocycles. The van der Waals surface area contributed by atoms with Gasteiger partial charge in [-0.05, 0) is 74.0 Å². The van der Waals surface area contributed by atoms with Crippen LogP contribution >= 0.6 is 34.8 Å². The van der Waals surface area contributed by atoms with Gasteiger partial charge in [-0.15, -0.1) is 10.2 Å². The molecule has 31 heavy (non-hydrogen) atoms. The average Bonchev–Trinajstić information content (AvgIpc) is 3.13. The van der Waals surface area contributed by atoms with Crippen molar-refractivity contribution in [3.63, 3.8) is 0 Å². The standard InChI is InChI=1S/C22H17Cl3N4O2/c1-12-9-19-20(28-29(27-19)16-6-3-14(23)4-7-16)11-18(12)26-22(30)13(2)31-21-8-5-15(24)10-17(21)25/h3-11,13H,1-2H3,(H,26,30)/t13-/m0/s1. The van der Waals surface area contributed by atoms with Gasteiger partial charge in [0.2, 0.25) is 0 Å². The van der Waals surface area contributed by atoms with Gasteiger partial charge in [-0.2, -0.15) is 4.80 Å². The van der Waals surface area contributed by atoms with Crippen LogP contribution in [0.3, 0.4) is 0 Å². The second-order valence-electron chi connectivity index (χ2n) is 6.95. The minimum absolute atomic E-state index is 0.321. The highest BCUT2D eigenvalue weighted by atomic mass is 35.5. The number of halogens is 3. The molecule has 0 aliphatic heterocycles. The molecule has 0 unspecified atom stereocenters. The highest BCUT2D eigenvalue weighted by Crippen LogP contribution is 2.29. The molecule has 0 spiro atoms. The van der Waals surface area contributed by atoms with Crippen molar-refractivity contribution < 1.29 is 9.53 Å². The van der Waals surface area contributed by atoms with E-state index >= 15 is 0 Å². The van der Waals surface area contributed by atoms with Gasteiger partial charge in [-0.25, -0.2) is 0 Å². The second kappa shape index (κ2) is 8.75. The summed E-state index contributed by atoms with van der Waals surface area (Å²) < 4.78 is 5.69. The number of nitrogens with zero attached hydrogens (tertiary/aromatic N) is 3. The predicted octanol–water partition coefficient (Wildman–Crippen LogP) is 6.10. The second-order valence-corrected chi connectivity index (χ2v) is 8.23. The fourth-order valence-electron chi connectivity index (χ4n) is 2.94. The number of rotatable bonds is 5.